The van der Waals surface area contributed by atoms with Crippen LogP contribution in [0.4, 0.5) is 0 Å². The van der Waals surface area contributed by atoms with Crippen molar-refractivity contribution in [2.75, 3.05) is 0 Å². The molecule has 0 amide bonds. The molecule has 0 N–H and O–H groups in total. The van der Waals surface area contributed by atoms with Crippen LogP contribution in [-0.4, -0.2) is 35.0 Å². The monoisotopic (exact) mass is 168 g/mol. The van der Waals surface area contributed by atoms with E-state index in [9.17, 15) is 20.0 Å². The van der Waals surface area contributed by atoms with Crippen molar-refractivity contribution < 1.29 is 24.8 Å². The van der Waals surface area contributed by atoms with Gasteiger partial charge in [0.25, 0.3) is 0 Å². The Bertz CT molecular complexity index is 185. The Kier molecular flexibility index (Phi) is 7.27. The molecule has 0 aliphatic rings. The molecule has 6 heteroatoms. The van der Waals surface area contributed by atoms with Gasteiger partial charge in [0.05, 0.1) is 5.97 Å². The van der Waals surface area contributed by atoms with Gasteiger partial charge in [-0.3, -0.25) is 0 Å². The maximum Gasteiger partial charge on any atom is 2.00 e. The molecule has 0 saturated heterocycles. The van der Waals surface area contributed by atoms with Crippen molar-refractivity contribution in [2.24, 2.45) is 0 Å². The maximum absolute atomic E-state index is 10.0. The Morgan fingerprint density at radius 3 is 2.18 bits per heavy atom. The molecule has 0 unspecified atom stereocenters. The summed E-state index contributed by atoms with van der Waals surface area (Å²) in [6.07, 6.45) is 0.544. The Balaban J connectivity index is 0. The number of carbonyl (C=O) groups excluding carboxylic acids is 2. The van der Waals surface area contributed by atoms with Crippen molar-refractivity contribution in [2.45, 2.75) is 6.92 Å². The topological polar surface area (TPSA) is 89.5 Å². The van der Waals surface area contributed by atoms with Gasteiger partial charge in [-0.05, 0) is 12.5 Å². The number of carboxylic acid groups (broad SMARTS) is 1. The zero-order chi connectivity index (χ0) is 8.15. The van der Waals surface area contributed by atoms with E-state index in [0.717, 1.165) is 6.92 Å². The van der Waals surface area contributed by atoms with E-state index in [-0.39, 0.29) is 28.6 Å². The molecule has 5 nitrogen and oxygen atoms in total. The SMILES string of the molecule is C/C(=C/C(=O)O[O-])C(=O)[O-].[Mg+2]. The average Bonchev–Trinajstić information content (AvgIpc) is 1.87. The molecular weight excluding hydrogens is 164 g/mol. The van der Waals surface area contributed by atoms with E-state index in [0.29, 0.717) is 6.08 Å². The minimum atomic E-state index is -1.51. The average molecular weight is 168 g/mol. The predicted molar refractivity (Wildman–Crippen MR) is 30.6 cm³/mol. The number of hydrogen-bond acceptors (Lipinski definition) is 5. The Morgan fingerprint density at radius 2 is 1.91 bits per heavy atom. The summed E-state index contributed by atoms with van der Waals surface area (Å²) in [5.41, 5.74) is -0.346. The standard InChI is InChI=1S/C5H6O5.Mg/c1-3(5(7)8)2-4(6)10-9;/h2,9H,1H3,(H,7,8);/q;+2/p-2/b3-2-;. The second-order valence-electron chi connectivity index (χ2n) is 1.52. The first-order valence-electron chi connectivity index (χ1n) is 2.31. The summed E-state index contributed by atoms with van der Waals surface area (Å²) in [6, 6.07) is 0. The number of rotatable bonds is 2. The zero-order valence-corrected chi connectivity index (χ0v) is 7.24. The third kappa shape index (κ3) is 5.83. The number of aliphatic carboxylic acids is 1. The maximum atomic E-state index is 10.0. The van der Waals surface area contributed by atoms with E-state index >= 15 is 0 Å². The Morgan fingerprint density at radius 1 is 1.45 bits per heavy atom. The molecule has 0 bridgehead atoms. The summed E-state index contributed by atoms with van der Waals surface area (Å²) in [6.45, 7) is 1.12. The molecule has 0 radical (unpaired) electrons. The molecule has 0 aliphatic carbocycles. The predicted octanol–water partition coefficient (Wildman–Crippen LogP) is -2.88. The van der Waals surface area contributed by atoms with Gasteiger partial charge in [-0.2, -0.15) is 0 Å². The van der Waals surface area contributed by atoms with Crippen LogP contribution in [0.3, 0.4) is 0 Å². The van der Waals surface area contributed by atoms with Gasteiger partial charge >= 0.3 is 29.0 Å². The van der Waals surface area contributed by atoms with Gasteiger partial charge in [-0.15, -0.1) is 0 Å². The van der Waals surface area contributed by atoms with Crippen molar-refractivity contribution in [1.29, 1.82) is 0 Å². The number of carbonyl (C=O) groups is 2. The second-order valence-corrected chi connectivity index (χ2v) is 1.52. The zero-order valence-electron chi connectivity index (χ0n) is 5.83. The number of hydrogen-bond donors (Lipinski definition) is 0. The first-order valence-corrected chi connectivity index (χ1v) is 2.31. The Labute approximate surface area is 78.7 Å². The van der Waals surface area contributed by atoms with Crippen LogP contribution in [0.25, 0.3) is 0 Å². The van der Waals surface area contributed by atoms with Gasteiger partial charge in [0.1, 0.15) is 0 Å². The Hall–Kier alpha value is -0.594. The molecule has 0 saturated carbocycles. The van der Waals surface area contributed by atoms with Gasteiger partial charge < -0.3 is 20.0 Å². The molecule has 0 rings (SSSR count). The van der Waals surface area contributed by atoms with Crippen molar-refractivity contribution in [3.8, 4) is 0 Å². The van der Waals surface area contributed by atoms with E-state index in [1.807, 2.05) is 0 Å². The van der Waals surface area contributed by atoms with Gasteiger partial charge in [0.2, 0.25) is 0 Å². The van der Waals surface area contributed by atoms with Crippen LogP contribution >= 0.6 is 0 Å². The summed E-state index contributed by atoms with van der Waals surface area (Å²) in [7, 11) is 0. The van der Waals surface area contributed by atoms with Crippen LogP contribution in [0, 0.1) is 0 Å². The molecule has 0 aromatic carbocycles. The molecule has 0 heterocycles. The normalized spacial score (nSPS) is 9.82. The van der Waals surface area contributed by atoms with E-state index in [1.54, 1.807) is 0 Å². The smallest absolute Gasteiger partial charge is 0.661 e. The molecule has 0 spiro atoms. The summed E-state index contributed by atoms with van der Waals surface area (Å²) >= 11 is 0. The fourth-order valence-corrected chi connectivity index (χ4v) is 0.260. The minimum Gasteiger partial charge on any atom is -0.661 e. The quantitative estimate of drug-likeness (QED) is 0.191. The first kappa shape index (κ1) is 13.0. The largest absolute Gasteiger partial charge is 2.00 e. The van der Waals surface area contributed by atoms with Crippen molar-refractivity contribution in [3.63, 3.8) is 0 Å². The first-order chi connectivity index (χ1) is 4.57. The third-order valence-corrected chi connectivity index (χ3v) is 0.738. The van der Waals surface area contributed by atoms with Gasteiger partial charge in [0.15, 0.2) is 0 Å². The molecule has 0 aromatic rings. The van der Waals surface area contributed by atoms with Crippen LogP contribution < -0.4 is 10.4 Å². The van der Waals surface area contributed by atoms with Crippen LogP contribution in [0.15, 0.2) is 11.6 Å². The fourth-order valence-electron chi connectivity index (χ4n) is 0.260. The molecule has 56 valence electrons. The molecule has 0 atom stereocenters. The van der Waals surface area contributed by atoms with E-state index in [2.05, 4.69) is 4.89 Å². The van der Waals surface area contributed by atoms with Crippen molar-refractivity contribution >= 4 is 35.0 Å². The van der Waals surface area contributed by atoms with Crippen molar-refractivity contribution in [1.82, 2.24) is 0 Å². The summed E-state index contributed by atoms with van der Waals surface area (Å²) in [5.74, 6) is -2.76. The van der Waals surface area contributed by atoms with Crippen molar-refractivity contribution in [3.05, 3.63) is 11.6 Å². The third-order valence-electron chi connectivity index (χ3n) is 0.738. The summed E-state index contributed by atoms with van der Waals surface area (Å²) in [5, 5.41) is 19.1. The molecular formula is C5H4MgO5. The fraction of sp³-hybridized carbons (Fsp3) is 0.200. The molecule has 0 fully saturated rings. The summed E-state index contributed by atoms with van der Waals surface area (Å²) < 4.78 is 0. The van der Waals surface area contributed by atoms with Crippen LogP contribution in [0.5, 0.6) is 0 Å². The van der Waals surface area contributed by atoms with E-state index in [1.165, 1.54) is 0 Å². The molecule has 0 aliphatic heterocycles. The number of carboxylic acids is 1. The second kappa shape index (κ2) is 6.14. The van der Waals surface area contributed by atoms with Crippen LogP contribution in [-0.2, 0) is 14.5 Å². The van der Waals surface area contributed by atoms with Crippen LogP contribution in [0.2, 0.25) is 0 Å². The molecule has 0 aromatic heterocycles. The summed E-state index contributed by atoms with van der Waals surface area (Å²) in [4.78, 5) is 22.8. The van der Waals surface area contributed by atoms with E-state index in [4.69, 9.17) is 0 Å². The molecule has 11 heavy (non-hydrogen) atoms. The van der Waals surface area contributed by atoms with E-state index < -0.39 is 11.9 Å². The van der Waals surface area contributed by atoms with Gasteiger partial charge in [0, 0.05) is 6.08 Å². The van der Waals surface area contributed by atoms with Gasteiger partial charge in [-0.1, -0.05) is 0 Å². The van der Waals surface area contributed by atoms with Gasteiger partial charge in [-0.25, -0.2) is 4.79 Å². The minimum absolute atomic E-state index is 0. The van der Waals surface area contributed by atoms with Crippen LogP contribution in [0.1, 0.15) is 6.92 Å².